The van der Waals surface area contributed by atoms with E-state index in [-0.39, 0.29) is 0 Å². The predicted molar refractivity (Wildman–Crippen MR) is 89.6 cm³/mol. The number of rotatable bonds is 7. The highest BCUT2D eigenvalue weighted by Crippen LogP contribution is 2.38. The zero-order valence-corrected chi connectivity index (χ0v) is 14.0. The van der Waals surface area contributed by atoms with E-state index in [1.54, 1.807) is 25.6 Å². The highest BCUT2D eigenvalue weighted by Gasteiger charge is 2.14. The van der Waals surface area contributed by atoms with Crippen molar-refractivity contribution in [3.05, 3.63) is 34.0 Å². The van der Waals surface area contributed by atoms with Crippen LogP contribution in [0.2, 0.25) is 0 Å². The SMILES string of the molecule is CCCNCc1cc(OC)c(OC)cc1-c1ccsc1C. The molecule has 0 atom stereocenters. The van der Waals surface area contributed by atoms with Crippen molar-refractivity contribution in [1.29, 1.82) is 0 Å². The largest absolute Gasteiger partial charge is 0.493 e. The molecule has 0 saturated heterocycles. The fourth-order valence-corrected chi connectivity index (χ4v) is 3.10. The van der Waals surface area contributed by atoms with Crippen molar-refractivity contribution in [1.82, 2.24) is 5.32 Å². The van der Waals surface area contributed by atoms with Crippen LogP contribution < -0.4 is 14.8 Å². The smallest absolute Gasteiger partial charge is 0.161 e. The van der Waals surface area contributed by atoms with Gasteiger partial charge in [0, 0.05) is 11.4 Å². The minimum absolute atomic E-state index is 0.775. The quantitative estimate of drug-likeness (QED) is 0.776. The van der Waals surface area contributed by atoms with Crippen LogP contribution >= 0.6 is 11.3 Å². The second kappa shape index (κ2) is 7.48. The number of aryl methyl sites for hydroxylation is 1. The van der Waals surface area contributed by atoms with Crippen LogP contribution in [0, 0.1) is 6.92 Å². The minimum Gasteiger partial charge on any atom is -0.493 e. The molecule has 1 aromatic carbocycles. The molecule has 21 heavy (non-hydrogen) atoms. The Morgan fingerprint density at radius 1 is 1.10 bits per heavy atom. The van der Waals surface area contributed by atoms with Gasteiger partial charge in [0.25, 0.3) is 0 Å². The molecule has 0 amide bonds. The van der Waals surface area contributed by atoms with Crippen LogP contribution in [-0.2, 0) is 6.54 Å². The monoisotopic (exact) mass is 305 g/mol. The molecule has 2 rings (SSSR count). The second-order valence-electron chi connectivity index (χ2n) is 4.93. The Hall–Kier alpha value is -1.52. The summed E-state index contributed by atoms with van der Waals surface area (Å²) >= 11 is 1.77. The first kappa shape index (κ1) is 15.9. The van der Waals surface area contributed by atoms with Crippen molar-refractivity contribution in [2.75, 3.05) is 20.8 Å². The number of nitrogens with one attached hydrogen (secondary N) is 1. The van der Waals surface area contributed by atoms with Gasteiger partial charge in [0.15, 0.2) is 11.5 Å². The van der Waals surface area contributed by atoms with E-state index >= 15 is 0 Å². The molecule has 0 bridgehead atoms. The summed E-state index contributed by atoms with van der Waals surface area (Å²) < 4.78 is 10.9. The highest BCUT2D eigenvalue weighted by molar-refractivity contribution is 7.10. The molecule has 0 aliphatic heterocycles. The summed E-state index contributed by atoms with van der Waals surface area (Å²) in [5.74, 6) is 1.56. The summed E-state index contributed by atoms with van der Waals surface area (Å²) in [6, 6.07) is 6.33. The molecule has 1 heterocycles. The standard InChI is InChI=1S/C17H23NO2S/c1-5-7-18-11-13-9-16(19-3)17(20-4)10-15(13)14-6-8-21-12(14)2/h6,8-10,18H,5,7,11H2,1-4H3. The number of ether oxygens (including phenoxy) is 2. The normalized spacial score (nSPS) is 10.7. The Bertz CT molecular complexity index is 592. The Morgan fingerprint density at radius 3 is 2.38 bits per heavy atom. The predicted octanol–water partition coefficient (Wildman–Crippen LogP) is 4.24. The van der Waals surface area contributed by atoms with E-state index in [2.05, 4.69) is 42.7 Å². The maximum Gasteiger partial charge on any atom is 0.161 e. The Kier molecular flexibility index (Phi) is 5.65. The molecule has 0 spiro atoms. The van der Waals surface area contributed by atoms with Gasteiger partial charge in [-0.1, -0.05) is 6.92 Å². The van der Waals surface area contributed by atoms with Crippen LogP contribution in [0.1, 0.15) is 23.8 Å². The first-order valence-corrected chi connectivity index (χ1v) is 8.09. The summed E-state index contributed by atoms with van der Waals surface area (Å²) in [5, 5.41) is 5.60. The third kappa shape index (κ3) is 3.57. The molecular weight excluding hydrogens is 282 g/mol. The molecule has 0 radical (unpaired) electrons. The van der Waals surface area contributed by atoms with Gasteiger partial charge in [-0.2, -0.15) is 0 Å². The summed E-state index contributed by atoms with van der Waals surface area (Å²) in [4.78, 5) is 1.32. The third-order valence-electron chi connectivity index (χ3n) is 3.50. The molecule has 4 heteroatoms. The molecule has 0 aliphatic carbocycles. The van der Waals surface area contributed by atoms with Gasteiger partial charge in [0.2, 0.25) is 0 Å². The van der Waals surface area contributed by atoms with Crippen LogP contribution in [0.5, 0.6) is 11.5 Å². The third-order valence-corrected chi connectivity index (χ3v) is 4.35. The van der Waals surface area contributed by atoms with Crippen molar-refractivity contribution in [2.24, 2.45) is 0 Å². The van der Waals surface area contributed by atoms with Gasteiger partial charge in [-0.05, 0) is 60.2 Å². The van der Waals surface area contributed by atoms with Crippen LogP contribution in [0.4, 0.5) is 0 Å². The first-order valence-electron chi connectivity index (χ1n) is 7.21. The lowest BCUT2D eigenvalue weighted by molar-refractivity contribution is 0.354. The molecule has 2 aromatic rings. The van der Waals surface area contributed by atoms with E-state index < -0.39 is 0 Å². The van der Waals surface area contributed by atoms with Crippen molar-refractivity contribution >= 4 is 11.3 Å². The molecular formula is C17H23NO2S. The lowest BCUT2D eigenvalue weighted by atomic mass is 9.99. The second-order valence-corrected chi connectivity index (χ2v) is 6.05. The molecule has 114 valence electrons. The van der Waals surface area contributed by atoms with Gasteiger partial charge in [-0.15, -0.1) is 11.3 Å². The lowest BCUT2D eigenvalue weighted by Gasteiger charge is -2.15. The number of hydrogen-bond acceptors (Lipinski definition) is 4. The maximum absolute atomic E-state index is 5.45. The van der Waals surface area contributed by atoms with Gasteiger partial charge in [0.05, 0.1) is 14.2 Å². The van der Waals surface area contributed by atoms with E-state index in [1.165, 1.54) is 21.6 Å². The number of hydrogen-bond donors (Lipinski definition) is 1. The Balaban J connectivity index is 2.46. The van der Waals surface area contributed by atoms with E-state index in [9.17, 15) is 0 Å². The van der Waals surface area contributed by atoms with E-state index in [4.69, 9.17) is 9.47 Å². The maximum atomic E-state index is 5.45. The molecule has 0 aliphatic rings. The lowest BCUT2D eigenvalue weighted by Crippen LogP contribution is -2.14. The van der Waals surface area contributed by atoms with Crippen LogP contribution in [0.15, 0.2) is 23.6 Å². The van der Waals surface area contributed by atoms with E-state index in [0.29, 0.717) is 0 Å². The Morgan fingerprint density at radius 2 is 1.81 bits per heavy atom. The summed E-state index contributed by atoms with van der Waals surface area (Å²) in [6.45, 7) is 6.17. The van der Waals surface area contributed by atoms with Crippen LogP contribution in [-0.4, -0.2) is 20.8 Å². The first-order chi connectivity index (χ1) is 10.2. The van der Waals surface area contributed by atoms with Gasteiger partial charge < -0.3 is 14.8 Å². The average Bonchev–Trinajstić information content (AvgIpc) is 2.93. The van der Waals surface area contributed by atoms with Gasteiger partial charge in [-0.3, -0.25) is 0 Å². The van der Waals surface area contributed by atoms with Crippen LogP contribution in [0.25, 0.3) is 11.1 Å². The van der Waals surface area contributed by atoms with Gasteiger partial charge in [-0.25, -0.2) is 0 Å². The number of thiophene rings is 1. The molecule has 3 nitrogen and oxygen atoms in total. The summed E-state index contributed by atoms with van der Waals surface area (Å²) in [7, 11) is 3.35. The van der Waals surface area contributed by atoms with Crippen LogP contribution in [0.3, 0.4) is 0 Å². The molecule has 1 aromatic heterocycles. The summed E-state index contributed by atoms with van der Waals surface area (Å²) in [6.07, 6.45) is 1.13. The van der Waals surface area contributed by atoms with E-state index in [1.807, 2.05) is 0 Å². The van der Waals surface area contributed by atoms with Crippen molar-refractivity contribution in [2.45, 2.75) is 26.8 Å². The molecule has 1 N–H and O–H groups in total. The van der Waals surface area contributed by atoms with Gasteiger partial charge in [0.1, 0.15) is 0 Å². The number of methoxy groups -OCH3 is 2. The minimum atomic E-state index is 0.775. The fourth-order valence-electron chi connectivity index (χ4n) is 2.38. The van der Waals surface area contributed by atoms with Crippen molar-refractivity contribution in [3.63, 3.8) is 0 Å². The van der Waals surface area contributed by atoms with E-state index in [0.717, 1.165) is 31.0 Å². The average molecular weight is 305 g/mol. The van der Waals surface area contributed by atoms with Gasteiger partial charge >= 0.3 is 0 Å². The summed E-state index contributed by atoms with van der Waals surface area (Å²) in [5.41, 5.74) is 3.73. The zero-order chi connectivity index (χ0) is 15.2. The molecule has 0 saturated carbocycles. The van der Waals surface area contributed by atoms with Crippen molar-refractivity contribution < 1.29 is 9.47 Å². The zero-order valence-electron chi connectivity index (χ0n) is 13.2. The van der Waals surface area contributed by atoms with Crippen molar-refractivity contribution in [3.8, 4) is 22.6 Å². The highest BCUT2D eigenvalue weighted by atomic mass is 32.1. The number of benzene rings is 1. The topological polar surface area (TPSA) is 30.5 Å². The molecule has 0 unspecified atom stereocenters. The Labute approximate surface area is 130 Å². The fraction of sp³-hybridized carbons (Fsp3) is 0.412. The molecule has 0 fully saturated rings.